The third-order valence-electron chi connectivity index (χ3n) is 3.47. The second-order valence-electron chi connectivity index (χ2n) is 5.45. The average molecular weight is 358 g/mol. The summed E-state index contributed by atoms with van der Waals surface area (Å²) in [6.45, 7) is 1.97. The SMILES string of the molecule is CC(=O)c1ccc(OCCCOc2cccc(C(=O)C(=O)O)c2)cc1O. The Morgan fingerprint density at radius 2 is 1.62 bits per heavy atom. The lowest BCUT2D eigenvalue weighted by molar-refractivity contribution is -0.131. The van der Waals surface area contributed by atoms with Crippen LogP contribution in [0.25, 0.3) is 0 Å². The number of carbonyl (C=O) groups excluding carboxylic acids is 2. The molecule has 0 aliphatic rings. The highest BCUT2D eigenvalue weighted by Gasteiger charge is 2.14. The maximum absolute atomic E-state index is 11.4. The van der Waals surface area contributed by atoms with Crippen molar-refractivity contribution in [2.45, 2.75) is 13.3 Å². The Hall–Kier alpha value is -3.35. The number of aromatic hydroxyl groups is 1. The van der Waals surface area contributed by atoms with Gasteiger partial charge in [-0.05, 0) is 31.2 Å². The molecule has 2 N–H and O–H groups in total. The molecule has 0 amide bonds. The van der Waals surface area contributed by atoms with E-state index in [1.807, 2.05) is 0 Å². The summed E-state index contributed by atoms with van der Waals surface area (Å²) in [6, 6.07) is 10.4. The number of benzene rings is 2. The summed E-state index contributed by atoms with van der Waals surface area (Å²) >= 11 is 0. The number of Topliss-reactive ketones (excluding diaryl/α,β-unsaturated/α-hetero) is 2. The quantitative estimate of drug-likeness (QED) is 0.403. The first-order chi connectivity index (χ1) is 12.4. The molecule has 136 valence electrons. The fourth-order valence-corrected chi connectivity index (χ4v) is 2.19. The molecule has 0 saturated carbocycles. The number of rotatable bonds is 9. The van der Waals surface area contributed by atoms with Crippen molar-refractivity contribution in [3.05, 3.63) is 53.6 Å². The molecule has 7 nitrogen and oxygen atoms in total. The number of phenols is 1. The van der Waals surface area contributed by atoms with E-state index in [0.717, 1.165) is 0 Å². The molecule has 0 heterocycles. The van der Waals surface area contributed by atoms with Crippen LogP contribution < -0.4 is 9.47 Å². The van der Waals surface area contributed by atoms with E-state index >= 15 is 0 Å². The first-order valence-corrected chi connectivity index (χ1v) is 7.85. The molecule has 0 spiro atoms. The van der Waals surface area contributed by atoms with Gasteiger partial charge in [-0.15, -0.1) is 0 Å². The second kappa shape index (κ2) is 8.66. The lowest BCUT2D eigenvalue weighted by Crippen LogP contribution is -2.12. The van der Waals surface area contributed by atoms with Gasteiger partial charge < -0.3 is 19.7 Å². The fourth-order valence-electron chi connectivity index (χ4n) is 2.19. The van der Waals surface area contributed by atoms with Gasteiger partial charge in [0, 0.05) is 18.1 Å². The maximum Gasteiger partial charge on any atom is 0.377 e. The molecule has 7 heteroatoms. The van der Waals surface area contributed by atoms with Crippen molar-refractivity contribution in [2.24, 2.45) is 0 Å². The van der Waals surface area contributed by atoms with E-state index in [2.05, 4.69) is 0 Å². The highest BCUT2D eigenvalue weighted by Crippen LogP contribution is 2.24. The number of hydrogen-bond acceptors (Lipinski definition) is 6. The summed E-state index contributed by atoms with van der Waals surface area (Å²) in [5.74, 6) is -2.05. The molecule has 0 aromatic heterocycles. The Labute approximate surface area is 149 Å². The lowest BCUT2D eigenvalue weighted by atomic mass is 10.1. The zero-order valence-electron chi connectivity index (χ0n) is 14.1. The average Bonchev–Trinajstić information content (AvgIpc) is 2.60. The van der Waals surface area contributed by atoms with Gasteiger partial charge >= 0.3 is 5.97 Å². The van der Waals surface area contributed by atoms with E-state index in [4.69, 9.17) is 14.6 Å². The lowest BCUT2D eigenvalue weighted by Gasteiger charge is -2.09. The van der Waals surface area contributed by atoms with Gasteiger partial charge in [-0.1, -0.05) is 12.1 Å². The fraction of sp³-hybridized carbons (Fsp3) is 0.211. The normalized spacial score (nSPS) is 10.2. The third-order valence-corrected chi connectivity index (χ3v) is 3.47. The van der Waals surface area contributed by atoms with E-state index < -0.39 is 11.8 Å². The number of hydrogen-bond donors (Lipinski definition) is 2. The molecule has 2 aromatic rings. The largest absolute Gasteiger partial charge is 0.507 e. The molecule has 0 atom stereocenters. The van der Waals surface area contributed by atoms with E-state index in [9.17, 15) is 19.5 Å². The van der Waals surface area contributed by atoms with Crippen LogP contribution in [0, 0.1) is 0 Å². The third kappa shape index (κ3) is 5.07. The summed E-state index contributed by atoms with van der Waals surface area (Å²) in [7, 11) is 0. The number of carboxylic acid groups (broad SMARTS) is 1. The maximum atomic E-state index is 11.4. The first kappa shape index (κ1) is 19.0. The van der Waals surface area contributed by atoms with Crippen LogP contribution in [0.4, 0.5) is 0 Å². The van der Waals surface area contributed by atoms with Crippen LogP contribution in [0.5, 0.6) is 17.2 Å². The van der Waals surface area contributed by atoms with Crippen LogP contribution in [0.1, 0.15) is 34.1 Å². The Morgan fingerprint density at radius 1 is 0.962 bits per heavy atom. The van der Waals surface area contributed by atoms with E-state index in [-0.39, 0.29) is 22.7 Å². The van der Waals surface area contributed by atoms with E-state index in [1.54, 1.807) is 18.2 Å². The summed E-state index contributed by atoms with van der Waals surface area (Å²) in [6.07, 6.45) is 0.520. The number of ketones is 2. The van der Waals surface area contributed by atoms with Crippen LogP contribution in [-0.2, 0) is 4.79 Å². The Bertz CT molecular complexity index is 826. The monoisotopic (exact) mass is 358 g/mol. The van der Waals surface area contributed by atoms with Crippen molar-refractivity contribution in [1.29, 1.82) is 0 Å². The Balaban J connectivity index is 1.80. The minimum Gasteiger partial charge on any atom is -0.507 e. The van der Waals surface area contributed by atoms with Crippen molar-refractivity contribution in [1.82, 2.24) is 0 Å². The van der Waals surface area contributed by atoms with Crippen molar-refractivity contribution in [2.75, 3.05) is 13.2 Å². The summed E-state index contributed by atoms with van der Waals surface area (Å²) in [4.78, 5) is 33.3. The standard InChI is InChI=1S/C19H18O7/c1-12(20)16-7-6-15(11-17(16)21)26-9-3-8-25-14-5-2-4-13(10-14)18(22)19(23)24/h2,4-7,10-11,21H,3,8-9H2,1H3,(H,23,24). The van der Waals surface area contributed by atoms with Crippen LogP contribution in [0.2, 0.25) is 0 Å². The molecule has 26 heavy (non-hydrogen) atoms. The molecule has 0 bridgehead atoms. The van der Waals surface area contributed by atoms with Crippen LogP contribution in [-0.4, -0.2) is 41.0 Å². The van der Waals surface area contributed by atoms with Crippen LogP contribution >= 0.6 is 0 Å². The number of carboxylic acids is 1. The highest BCUT2D eigenvalue weighted by molar-refractivity contribution is 6.39. The molecule has 0 radical (unpaired) electrons. The van der Waals surface area contributed by atoms with Gasteiger partial charge in [0.25, 0.3) is 5.78 Å². The Kier molecular flexibility index (Phi) is 6.32. The summed E-state index contributed by atoms with van der Waals surface area (Å²) in [5.41, 5.74) is 0.281. The number of carbonyl (C=O) groups is 3. The van der Waals surface area contributed by atoms with Crippen molar-refractivity contribution in [3.8, 4) is 17.2 Å². The van der Waals surface area contributed by atoms with Gasteiger partial charge in [0.2, 0.25) is 0 Å². The van der Waals surface area contributed by atoms with Crippen LogP contribution in [0.15, 0.2) is 42.5 Å². The molecule has 0 aliphatic carbocycles. The van der Waals surface area contributed by atoms with Gasteiger partial charge in [0.05, 0.1) is 18.8 Å². The predicted octanol–water partition coefficient (Wildman–Crippen LogP) is 2.71. The zero-order chi connectivity index (χ0) is 19.1. The molecule has 0 saturated heterocycles. The number of ether oxygens (including phenoxy) is 2. The second-order valence-corrected chi connectivity index (χ2v) is 5.45. The molecular weight excluding hydrogens is 340 g/mol. The van der Waals surface area contributed by atoms with Crippen molar-refractivity contribution < 1.29 is 34.1 Å². The van der Waals surface area contributed by atoms with Gasteiger partial charge in [-0.2, -0.15) is 0 Å². The van der Waals surface area contributed by atoms with E-state index in [0.29, 0.717) is 31.1 Å². The minimum absolute atomic E-state index is 0.0484. The van der Waals surface area contributed by atoms with E-state index in [1.165, 1.54) is 31.2 Å². The number of phenolic OH excluding ortho intramolecular Hbond substituents is 1. The Morgan fingerprint density at radius 3 is 2.19 bits per heavy atom. The molecule has 2 aromatic carbocycles. The van der Waals surface area contributed by atoms with Gasteiger partial charge in [0.15, 0.2) is 5.78 Å². The van der Waals surface area contributed by atoms with Gasteiger partial charge in [-0.3, -0.25) is 9.59 Å². The van der Waals surface area contributed by atoms with Gasteiger partial charge in [0.1, 0.15) is 17.2 Å². The summed E-state index contributed by atoms with van der Waals surface area (Å²) in [5, 5.41) is 18.4. The predicted molar refractivity (Wildman–Crippen MR) is 92.1 cm³/mol. The highest BCUT2D eigenvalue weighted by atomic mass is 16.5. The molecule has 2 rings (SSSR count). The topological polar surface area (TPSA) is 110 Å². The molecular formula is C19H18O7. The van der Waals surface area contributed by atoms with Crippen molar-refractivity contribution >= 4 is 17.5 Å². The summed E-state index contributed by atoms with van der Waals surface area (Å²) < 4.78 is 10.9. The zero-order valence-corrected chi connectivity index (χ0v) is 14.1. The molecule has 0 fully saturated rings. The van der Waals surface area contributed by atoms with Gasteiger partial charge in [-0.25, -0.2) is 4.79 Å². The number of aliphatic carboxylic acids is 1. The smallest absolute Gasteiger partial charge is 0.377 e. The van der Waals surface area contributed by atoms with Crippen molar-refractivity contribution in [3.63, 3.8) is 0 Å². The first-order valence-electron chi connectivity index (χ1n) is 7.85. The van der Waals surface area contributed by atoms with Crippen LogP contribution in [0.3, 0.4) is 0 Å². The molecule has 0 aliphatic heterocycles. The molecule has 0 unspecified atom stereocenters. The minimum atomic E-state index is -1.52.